The molecule has 1 N–H and O–H groups in total. The Morgan fingerprint density at radius 2 is 1.79 bits per heavy atom. The lowest BCUT2D eigenvalue weighted by Gasteiger charge is -2.47. The lowest BCUT2D eigenvalue weighted by molar-refractivity contribution is 0.0331. The molecule has 0 amide bonds. The van der Waals surface area contributed by atoms with Crippen molar-refractivity contribution >= 4 is 0 Å². The lowest BCUT2D eigenvalue weighted by atomic mass is 9.77. The second kappa shape index (κ2) is 6.58. The van der Waals surface area contributed by atoms with E-state index in [1.165, 1.54) is 77.4 Å². The molecule has 2 saturated carbocycles. The topological polar surface area (TPSA) is 15.3 Å². The Kier molecular flexibility index (Phi) is 4.81. The smallest absolute Gasteiger partial charge is 0.0139 e. The molecule has 3 atom stereocenters. The largest absolute Gasteiger partial charge is 0.316 e. The van der Waals surface area contributed by atoms with E-state index in [-0.39, 0.29) is 0 Å². The zero-order valence-electron chi connectivity index (χ0n) is 12.7. The first-order valence-electron chi connectivity index (χ1n) is 8.86. The van der Waals surface area contributed by atoms with Crippen molar-refractivity contribution in [2.75, 3.05) is 19.6 Å². The van der Waals surface area contributed by atoms with Crippen LogP contribution in [-0.4, -0.2) is 36.6 Å². The van der Waals surface area contributed by atoms with Crippen molar-refractivity contribution in [1.82, 2.24) is 10.2 Å². The fraction of sp³-hybridized carbons (Fsp3) is 1.00. The first-order chi connectivity index (χ1) is 9.40. The van der Waals surface area contributed by atoms with Crippen molar-refractivity contribution < 1.29 is 0 Å². The van der Waals surface area contributed by atoms with Gasteiger partial charge in [-0.3, -0.25) is 4.90 Å². The van der Waals surface area contributed by atoms with Crippen LogP contribution in [-0.2, 0) is 0 Å². The Bertz CT molecular complexity index is 272. The Balaban J connectivity index is 1.52. The molecule has 0 aromatic carbocycles. The van der Waals surface area contributed by atoms with Crippen molar-refractivity contribution in [2.45, 2.75) is 76.8 Å². The van der Waals surface area contributed by atoms with Gasteiger partial charge in [0.05, 0.1) is 0 Å². The monoisotopic (exact) mass is 264 g/mol. The fourth-order valence-electron chi connectivity index (χ4n) is 4.77. The van der Waals surface area contributed by atoms with Gasteiger partial charge in [-0.05, 0) is 76.4 Å². The van der Waals surface area contributed by atoms with Gasteiger partial charge < -0.3 is 5.32 Å². The van der Waals surface area contributed by atoms with E-state index in [2.05, 4.69) is 17.1 Å². The molecule has 0 bridgehead atoms. The molecule has 1 aliphatic heterocycles. The van der Waals surface area contributed by atoms with E-state index in [0.29, 0.717) is 0 Å². The molecule has 3 rings (SSSR count). The molecular weight excluding hydrogens is 232 g/mol. The standard InChI is InChI=1S/C17H32N2/c1-2-11-18-13-15-9-10-17(15)19-12-5-8-16(19)14-6-3-4-7-14/h14-18H,2-13H2,1H3. The maximum Gasteiger partial charge on any atom is 0.0139 e. The van der Waals surface area contributed by atoms with Crippen molar-refractivity contribution in [2.24, 2.45) is 11.8 Å². The van der Waals surface area contributed by atoms with E-state index in [1.54, 1.807) is 0 Å². The van der Waals surface area contributed by atoms with E-state index in [9.17, 15) is 0 Å². The molecule has 0 spiro atoms. The van der Waals surface area contributed by atoms with Crippen LogP contribution in [0.2, 0.25) is 0 Å². The van der Waals surface area contributed by atoms with Crippen molar-refractivity contribution in [3.05, 3.63) is 0 Å². The van der Waals surface area contributed by atoms with Gasteiger partial charge in [-0.1, -0.05) is 19.8 Å². The first kappa shape index (κ1) is 13.9. The summed E-state index contributed by atoms with van der Waals surface area (Å²) in [5, 5.41) is 3.65. The van der Waals surface area contributed by atoms with Gasteiger partial charge in [0, 0.05) is 12.1 Å². The van der Waals surface area contributed by atoms with Crippen molar-refractivity contribution in [3.63, 3.8) is 0 Å². The van der Waals surface area contributed by atoms with Gasteiger partial charge in [-0.15, -0.1) is 0 Å². The summed E-state index contributed by atoms with van der Waals surface area (Å²) < 4.78 is 0. The zero-order chi connectivity index (χ0) is 13.1. The van der Waals surface area contributed by atoms with Crippen LogP contribution in [0.25, 0.3) is 0 Å². The van der Waals surface area contributed by atoms with Crippen LogP contribution in [0.1, 0.15) is 64.7 Å². The molecule has 2 nitrogen and oxygen atoms in total. The highest BCUT2D eigenvalue weighted by atomic mass is 15.2. The van der Waals surface area contributed by atoms with Crippen LogP contribution in [0.5, 0.6) is 0 Å². The second-order valence-corrected chi connectivity index (χ2v) is 7.10. The van der Waals surface area contributed by atoms with Gasteiger partial charge >= 0.3 is 0 Å². The van der Waals surface area contributed by atoms with Gasteiger partial charge in [-0.25, -0.2) is 0 Å². The van der Waals surface area contributed by atoms with E-state index in [1.807, 2.05) is 0 Å². The van der Waals surface area contributed by atoms with Crippen LogP contribution in [0, 0.1) is 11.8 Å². The third-order valence-corrected chi connectivity index (χ3v) is 5.92. The van der Waals surface area contributed by atoms with E-state index >= 15 is 0 Å². The minimum Gasteiger partial charge on any atom is -0.316 e. The van der Waals surface area contributed by atoms with Gasteiger partial charge in [0.25, 0.3) is 0 Å². The molecule has 0 aromatic heterocycles. The Morgan fingerprint density at radius 1 is 0.947 bits per heavy atom. The Labute approximate surface area is 119 Å². The molecule has 3 unspecified atom stereocenters. The molecule has 1 saturated heterocycles. The van der Waals surface area contributed by atoms with Crippen LogP contribution < -0.4 is 5.32 Å². The van der Waals surface area contributed by atoms with E-state index < -0.39 is 0 Å². The summed E-state index contributed by atoms with van der Waals surface area (Å²) in [4.78, 5) is 2.94. The summed E-state index contributed by atoms with van der Waals surface area (Å²) >= 11 is 0. The van der Waals surface area contributed by atoms with Gasteiger partial charge in [0.15, 0.2) is 0 Å². The molecule has 110 valence electrons. The van der Waals surface area contributed by atoms with Gasteiger partial charge in [0.2, 0.25) is 0 Å². The molecule has 1 heterocycles. The molecule has 2 aliphatic carbocycles. The predicted molar refractivity (Wildman–Crippen MR) is 81.4 cm³/mol. The average Bonchev–Trinajstić information content (AvgIpc) is 3.03. The van der Waals surface area contributed by atoms with Crippen molar-refractivity contribution in [3.8, 4) is 0 Å². The number of hydrogen-bond donors (Lipinski definition) is 1. The number of rotatable bonds is 6. The molecule has 3 fully saturated rings. The molecular formula is C17H32N2. The summed E-state index contributed by atoms with van der Waals surface area (Å²) in [5.41, 5.74) is 0. The van der Waals surface area contributed by atoms with E-state index in [0.717, 1.165) is 23.9 Å². The highest BCUT2D eigenvalue weighted by Crippen LogP contribution is 2.41. The molecule has 0 aromatic rings. The maximum absolute atomic E-state index is 3.65. The van der Waals surface area contributed by atoms with E-state index in [4.69, 9.17) is 0 Å². The normalized spacial score (nSPS) is 36.8. The second-order valence-electron chi connectivity index (χ2n) is 7.10. The summed E-state index contributed by atoms with van der Waals surface area (Å²) in [6.07, 6.45) is 13.2. The average molecular weight is 264 g/mol. The predicted octanol–water partition coefficient (Wildman–Crippen LogP) is 3.42. The lowest BCUT2D eigenvalue weighted by Crippen LogP contribution is -2.53. The Morgan fingerprint density at radius 3 is 2.47 bits per heavy atom. The first-order valence-corrected chi connectivity index (χ1v) is 8.86. The number of nitrogens with zero attached hydrogens (tertiary/aromatic N) is 1. The zero-order valence-corrected chi connectivity index (χ0v) is 12.7. The summed E-state index contributed by atoms with van der Waals surface area (Å²) in [7, 11) is 0. The SMILES string of the molecule is CCCNCC1CCC1N1CCCC1C1CCCC1. The maximum atomic E-state index is 3.65. The van der Waals surface area contributed by atoms with Crippen molar-refractivity contribution in [1.29, 1.82) is 0 Å². The number of hydrogen-bond acceptors (Lipinski definition) is 2. The van der Waals surface area contributed by atoms with Gasteiger partial charge in [-0.2, -0.15) is 0 Å². The summed E-state index contributed by atoms with van der Waals surface area (Å²) in [5.74, 6) is 2.00. The van der Waals surface area contributed by atoms with Gasteiger partial charge in [0.1, 0.15) is 0 Å². The van der Waals surface area contributed by atoms with Crippen LogP contribution >= 0.6 is 0 Å². The molecule has 2 heteroatoms. The quantitative estimate of drug-likeness (QED) is 0.740. The molecule has 19 heavy (non-hydrogen) atoms. The third-order valence-electron chi connectivity index (χ3n) is 5.92. The fourth-order valence-corrected chi connectivity index (χ4v) is 4.77. The minimum atomic E-state index is 0.928. The highest BCUT2D eigenvalue weighted by molar-refractivity contribution is 4.97. The Hall–Kier alpha value is -0.0800. The highest BCUT2D eigenvalue weighted by Gasteiger charge is 2.42. The van der Waals surface area contributed by atoms with Crippen LogP contribution in [0.4, 0.5) is 0 Å². The van der Waals surface area contributed by atoms with Crippen LogP contribution in [0.3, 0.4) is 0 Å². The molecule has 3 aliphatic rings. The number of nitrogens with one attached hydrogen (secondary N) is 1. The minimum absolute atomic E-state index is 0.928. The van der Waals surface area contributed by atoms with Crippen LogP contribution in [0.15, 0.2) is 0 Å². The summed E-state index contributed by atoms with van der Waals surface area (Å²) in [6.45, 7) is 6.14. The number of likely N-dealkylation sites (tertiary alicyclic amines) is 1. The summed E-state index contributed by atoms with van der Waals surface area (Å²) in [6, 6.07) is 1.89. The third kappa shape index (κ3) is 3.00. The molecule has 0 radical (unpaired) electrons.